The second kappa shape index (κ2) is 27.0. The summed E-state index contributed by atoms with van der Waals surface area (Å²) in [7, 11) is -0.716. The van der Waals surface area contributed by atoms with Gasteiger partial charge in [0.25, 0.3) is 0 Å². The number of rotatable bonds is 28. The van der Waals surface area contributed by atoms with Crippen molar-refractivity contribution in [2.75, 3.05) is 24.6 Å². The molecule has 0 aliphatic heterocycles. The van der Waals surface area contributed by atoms with Gasteiger partial charge in [0.1, 0.15) is 0 Å². The third-order valence-corrected chi connectivity index (χ3v) is 13.0. The molecule has 0 bridgehead atoms. The molecule has 0 spiro atoms. The SMILES string of the molecule is CCCCCCCCC[P+](CCCCCCC)(CCCCCCC)CCCCCCCCC. The average molecular weight is 484 g/mol. The van der Waals surface area contributed by atoms with Crippen molar-refractivity contribution in [3.63, 3.8) is 0 Å². The van der Waals surface area contributed by atoms with Crippen LogP contribution >= 0.6 is 7.26 Å². The summed E-state index contributed by atoms with van der Waals surface area (Å²) in [6.45, 7) is 9.39. The fourth-order valence-corrected chi connectivity index (χ4v) is 10.5. The van der Waals surface area contributed by atoms with Crippen LogP contribution in [0.15, 0.2) is 0 Å². The maximum atomic E-state index is 2.36. The van der Waals surface area contributed by atoms with Crippen LogP contribution < -0.4 is 0 Å². The van der Waals surface area contributed by atoms with Gasteiger partial charge in [0.05, 0.1) is 24.6 Å². The zero-order valence-corrected chi connectivity index (χ0v) is 25.1. The first-order valence-corrected chi connectivity index (χ1v) is 18.6. The molecule has 200 valence electrons. The Morgan fingerprint density at radius 2 is 0.424 bits per heavy atom. The lowest BCUT2D eigenvalue weighted by molar-refractivity contribution is 0.597. The minimum absolute atomic E-state index is 0.716. The first kappa shape index (κ1) is 33.4. The van der Waals surface area contributed by atoms with E-state index in [0.717, 1.165) is 0 Å². The van der Waals surface area contributed by atoms with Crippen molar-refractivity contribution in [3.05, 3.63) is 0 Å². The van der Waals surface area contributed by atoms with Crippen LogP contribution in [0.4, 0.5) is 0 Å². The van der Waals surface area contributed by atoms with Gasteiger partial charge in [-0.25, -0.2) is 0 Å². The van der Waals surface area contributed by atoms with Crippen LogP contribution in [0, 0.1) is 0 Å². The lowest BCUT2D eigenvalue weighted by Crippen LogP contribution is -2.13. The van der Waals surface area contributed by atoms with E-state index in [-0.39, 0.29) is 0 Å². The fourth-order valence-electron chi connectivity index (χ4n) is 5.58. The molecule has 0 aromatic carbocycles. The van der Waals surface area contributed by atoms with Gasteiger partial charge in [-0.05, 0) is 51.4 Å². The molecule has 0 unspecified atom stereocenters. The molecular weight excluding hydrogens is 415 g/mol. The lowest BCUT2D eigenvalue weighted by Gasteiger charge is -2.28. The number of unbranched alkanes of at least 4 members (excludes halogenated alkanes) is 20. The average Bonchev–Trinajstić information content (AvgIpc) is 2.82. The molecule has 0 saturated carbocycles. The molecule has 0 aromatic heterocycles. The van der Waals surface area contributed by atoms with E-state index in [1.807, 2.05) is 0 Å². The largest absolute Gasteiger partial charge is 0.0654 e. The molecule has 1 heteroatoms. The van der Waals surface area contributed by atoms with Crippen LogP contribution in [-0.4, -0.2) is 24.6 Å². The van der Waals surface area contributed by atoms with E-state index >= 15 is 0 Å². The molecule has 0 amide bonds. The Labute approximate surface area is 213 Å². The van der Waals surface area contributed by atoms with E-state index in [9.17, 15) is 0 Å². The normalized spacial score (nSPS) is 12.0. The van der Waals surface area contributed by atoms with Crippen molar-refractivity contribution in [2.45, 2.75) is 182 Å². The molecule has 0 atom stereocenters. The van der Waals surface area contributed by atoms with Crippen molar-refractivity contribution in [3.8, 4) is 0 Å². The Hall–Kier alpha value is 0.430. The van der Waals surface area contributed by atoms with Gasteiger partial charge in [0.2, 0.25) is 0 Å². The molecule has 0 rings (SSSR count). The smallest absolute Gasteiger partial charge is 0.0594 e. The second-order valence-corrected chi connectivity index (χ2v) is 15.8. The molecule has 0 radical (unpaired) electrons. The first-order valence-electron chi connectivity index (χ1n) is 16.1. The van der Waals surface area contributed by atoms with E-state index in [4.69, 9.17) is 0 Å². The third kappa shape index (κ3) is 22.6. The molecule has 0 N–H and O–H groups in total. The maximum absolute atomic E-state index is 2.36. The quantitative estimate of drug-likeness (QED) is 0.0766. The molecule has 0 saturated heterocycles. The van der Waals surface area contributed by atoms with Gasteiger partial charge in [-0.3, -0.25) is 0 Å². The van der Waals surface area contributed by atoms with Gasteiger partial charge in [0.15, 0.2) is 0 Å². The van der Waals surface area contributed by atoms with Gasteiger partial charge in [-0.1, -0.05) is 130 Å². The Morgan fingerprint density at radius 3 is 0.636 bits per heavy atom. The summed E-state index contributed by atoms with van der Waals surface area (Å²) in [6.07, 6.45) is 42.1. The van der Waals surface area contributed by atoms with Crippen LogP contribution in [0.3, 0.4) is 0 Å². The number of hydrogen-bond acceptors (Lipinski definition) is 0. The van der Waals surface area contributed by atoms with Crippen LogP contribution in [-0.2, 0) is 0 Å². The minimum Gasteiger partial charge on any atom is -0.0654 e. The van der Waals surface area contributed by atoms with Crippen molar-refractivity contribution >= 4 is 7.26 Å². The molecule has 0 aliphatic rings. The summed E-state index contributed by atoms with van der Waals surface area (Å²) >= 11 is 0. The molecular formula is C32H68P+. The summed E-state index contributed by atoms with van der Waals surface area (Å²) < 4.78 is 0. The Kier molecular flexibility index (Phi) is 27.4. The molecule has 0 fully saturated rings. The molecule has 0 aromatic rings. The standard InChI is InChI=1S/C32H68P/c1-5-9-13-17-19-23-27-31-33(29-25-21-15-11-7-3,30-26-22-16-12-8-4)32-28-24-20-18-14-10-6-2/h5-32H2,1-4H3/q+1. The highest BCUT2D eigenvalue weighted by Gasteiger charge is 2.34. The zero-order valence-electron chi connectivity index (χ0n) is 24.2. The van der Waals surface area contributed by atoms with Gasteiger partial charge in [-0.2, -0.15) is 0 Å². The summed E-state index contributed by atoms with van der Waals surface area (Å²) in [5, 5.41) is 0. The van der Waals surface area contributed by atoms with Crippen LogP contribution in [0.1, 0.15) is 182 Å². The Bertz CT molecular complexity index is 316. The van der Waals surface area contributed by atoms with E-state index < -0.39 is 7.26 Å². The number of hydrogen-bond donors (Lipinski definition) is 0. The Morgan fingerprint density at radius 1 is 0.242 bits per heavy atom. The van der Waals surface area contributed by atoms with E-state index in [1.165, 1.54) is 128 Å². The van der Waals surface area contributed by atoms with Gasteiger partial charge < -0.3 is 0 Å². The van der Waals surface area contributed by atoms with Crippen LogP contribution in [0.25, 0.3) is 0 Å². The van der Waals surface area contributed by atoms with E-state index in [2.05, 4.69) is 27.7 Å². The highest BCUT2D eigenvalue weighted by Crippen LogP contribution is 2.61. The summed E-state index contributed by atoms with van der Waals surface area (Å²) in [4.78, 5) is 0. The zero-order chi connectivity index (χ0) is 24.3. The summed E-state index contributed by atoms with van der Waals surface area (Å²) in [6, 6.07) is 0. The predicted octanol–water partition coefficient (Wildman–Crippen LogP) is 12.4. The topological polar surface area (TPSA) is 0 Å². The first-order chi connectivity index (χ1) is 16.2. The van der Waals surface area contributed by atoms with Gasteiger partial charge >= 0.3 is 0 Å². The van der Waals surface area contributed by atoms with E-state index in [1.54, 1.807) is 50.3 Å². The van der Waals surface area contributed by atoms with Gasteiger partial charge in [0, 0.05) is 7.26 Å². The maximum Gasteiger partial charge on any atom is 0.0594 e. The molecule has 0 nitrogen and oxygen atoms in total. The van der Waals surface area contributed by atoms with E-state index in [0.29, 0.717) is 0 Å². The van der Waals surface area contributed by atoms with Crippen LogP contribution in [0.5, 0.6) is 0 Å². The van der Waals surface area contributed by atoms with Crippen molar-refractivity contribution in [1.82, 2.24) is 0 Å². The summed E-state index contributed by atoms with van der Waals surface area (Å²) in [5.41, 5.74) is 0. The van der Waals surface area contributed by atoms with Crippen molar-refractivity contribution in [1.29, 1.82) is 0 Å². The fraction of sp³-hybridized carbons (Fsp3) is 1.00. The predicted molar refractivity (Wildman–Crippen MR) is 160 cm³/mol. The second-order valence-electron chi connectivity index (χ2n) is 11.3. The summed E-state index contributed by atoms with van der Waals surface area (Å²) in [5.74, 6) is 0. The Balaban J connectivity index is 4.70. The monoisotopic (exact) mass is 484 g/mol. The highest BCUT2D eigenvalue weighted by atomic mass is 31.2. The molecule has 0 heterocycles. The lowest BCUT2D eigenvalue weighted by atomic mass is 10.1. The van der Waals surface area contributed by atoms with Crippen LogP contribution in [0.2, 0.25) is 0 Å². The molecule has 0 aliphatic carbocycles. The third-order valence-electron chi connectivity index (χ3n) is 7.94. The van der Waals surface area contributed by atoms with Gasteiger partial charge in [-0.15, -0.1) is 0 Å². The van der Waals surface area contributed by atoms with Crippen molar-refractivity contribution < 1.29 is 0 Å². The van der Waals surface area contributed by atoms with Crippen molar-refractivity contribution in [2.24, 2.45) is 0 Å². The highest BCUT2D eigenvalue weighted by molar-refractivity contribution is 7.75. The minimum atomic E-state index is -0.716. The molecule has 33 heavy (non-hydrogen) atoms.